The third kappa shape index (κ3) is 4.96. The molecule has 0 saturated heterocycles. The average molecular weight is 500 g/mol. The summed E-state index contributed by atoms with van der Waals surface area (Å²) in [6, 6.07) is 14.6. The predicted molar refractivity (Wildman–Crippen MR) is 135 cm³/mol. The lowest BCUT2D eigenvalue weighted by Gasteiger charge is -2.38. The number of aryl methyl sites for hydroxylation is 2. The van der Waals surface area contributed by atoms with Crippen LogP contribution in [0.1, 0.15) is 38.7 Å². The lowest BCUT2D eigenvalue weighted by molar-refractivity contribution is 0.0589. The maximum atomic E-state index is 13.6. The topological polar surface area (TPSA) is 48.0 Å². The normalized spacial score (nSPS) is 15.0. The van der Waals surface area contributed by atoms with E-state index in [1.165, 1.54) is 0 Å². The molecule has 0 spiro atoms. The van der Waals surface area contributed by atoms with E-state index in [4.69, 9.17) is 37.4 Å². The molecule has 0 unspecified atom stereocenters. The summed E-state index contributed by atoms with van der Waals surface area (Å²) in [6.45, 7) is 4.86. The molecule has 1 heterocycles. The third-order valence-corrected chi connectivity index (χ3v) is 6.58. The van der Waals surface area contributed by atoms with Crippen LogP contribution in [0.2, 0.25) is 10.0 Å². The minimum absolute atomic E-state index is 0.170. The second-order valence-corrected chi connectivity index (χ2v) is 9.27. The molecule has 5 nitrogen and oxygen atoms in total. The summed E-state index contributed by atoms with van der Waals surface area (Å²) in [6.07, 6.45) is 0.673. The number of halogens is 2. The fraction of sp³-hybridized carbons (Fsp3) is 0.296. The van der Waals surface area contributed by atoms with Crippen molar-refractivity contribution >= 4 is 29.1 Å². The fourth-order valence-electron chi connectivity index (χ4n) is 4.46. The molecule has 0 radical (unpaired) electrons. The Morgan fingerprint density at radius 2 is 1.65 bits per heavy atom. The van der Waals surface area contributed by atoms with E-state index in [9.17, 15) is 4.79 Å². The highest BCUT2D eigenvalue weighted by atomic mass is 35.5. The van der Waals surface area contributed by atoms with E-state index in [-0.39, 0.29) is 18.6 Å². The smallest absolute Gasteiger partial charge is 0.256 e. The quantitative estimate of drug-likeness (QED) is 0.391. The van der Waals surface area contributed by atoms with Crippen molar-refractivity contribution in [3.8, 4) is 17.2 Å². The number of rotatable bonds is 6. The van der Waals surface area contributed by atoms with Gasteiger partial charge in [0, 0.05) is 11.6 Å². The van der Waals surface area contributed by atoms with Crippen molar-refractivity contribution < 1.29 is 19.0 Å². The molecule has 1 atom stereocenters. The van der Waals surface area contributed by atoms with Crippen molar-refractivity contribution in [2.45, 2.75) is 26.3 Å². The number of methoxy groups -OCH3 is 2. The first kappa shape index (κ1) is 24.2. The van der Waals surface area contributed by atoms with Crippen LogP contribution in [0, 0.1) is 13.8 Å². The molecule has 34 heavy (non-hydrogen) atoms. The van der Waals surface area contributed by atoms with Crippen LogP contribution < -0.4 is 14.2 Å². The Bertz CT molecular complexity index is 1210. The Kier molecular flexibility index (Phi) is 7.24. The van der Waals surface area contributed by atoms with Gasteiger partial charge in [-0.25, -0.2) is 0 Å². The van der Waals surface area contributed by atoms with Gasteiger partial charge in [0.05, 0.1) is 30.8 Å². The van der Waals surface area contributed by atoms with E-state index in [0.29, 0.717) is 40.1 Å². The number of carbonyl (C=O) groups excluding carboxylic acids is 1. The van der Waals surface area contributed by atoms with E-state index in [1.807, 2.05) is 43.0 Å². The summed E-state index contributed by atoms with van der Waals surface area (Å²) in [4.78, 5) is 15.4. The maximum Gasteiger partial charge on any atom is 0.256 e. The molecule has 1 amide bonds. The molecule has 0 aromatic heterocycles. The molecule has 0 bridgehead atoms. The number of ether oxygens (including phenoxy) is 3. The zero-order valence-electron chi connectivity index (χ0n) is 19.7. The van der Waals surface area contributed by atoms with Crippen LogP contribution in [0.5, 0.6) is 17.2 Å². The molecule has 7 heteroatoms. The first-order valence-corrected chi connectivity index (χ1v) is 11.8. The molecule has 0 saturated carbocycles. The SMILES string of the molecule is COc1cc2c(cc1OC)[C@@H](COc1cc(C)cc(C)c1)N(C(=O)c1ccc(Cl)cc1Cl)CC2. The number of amides is 1. The lowest BCUT2D eigenvalue weighted by Crippen LogP contribution is -2.42. The van der Waals surface area contributed by atoms with Crippen LogP contribution in [0.15, 0.2) is 48.5 Å². The van der Waals surface area contributed by atoms with Gasteiger partial charge in [-0.2, -0.15) is 0 Å². The zero-order valence-corrected chi connectivity index (χ0v) is 21.2. The summed E-state index contributed by atoms with van der Waals surface area (Å²) in [5, 5.41) is 0.807. The van der Waals surface area contributed by atoms with Gasteiger partial charge in [0.15, 0.2) is 11.5 Å². The number of hydrogen-bond acceptors (Lipinski definition) is 4. The van der Waals surface area contributed by atoms with Crippen molar-refractivity contribution in [3.05, 3.63) is 86.4 Å². The Hall–Kier alpha value is -2.89. The summed E-state index contributed by atoms with van der Waals surface area (Å²) in [5.74, 6) is 1.87. The Labute approximate surface area is 210 Å². The van der Waals surface area contributed by atoms with Crippen molar-refractivity contribution in [1.82, 2.24) is 4.90 Å². The Morgan fingerprint density at radius 1 is 0.971 bits per heavy atom. The highest BCUT2D eigenvalue weighted by molar-refractivity contribution is 6.36. The predicted octanol–water partition coefficient (Wildman–Crippen LogP) is 6.45. The Balaban J connectivity index is 1.73. The van der Waals surface area contributed by atoms with Gasteiger partial charge in [-0.05, 0) is 85.0 Å². The minimum atomic E-state index is -0.344. The number of nitrogens with zero attached hydrogens (tertiary/aromatic N) is 1. The molecular weight excluding hydrogens is 473 g/mol. The molecule has 0 fully saturated rings. The standard InChI is InChI=1S/C27H27Cl2NO4/c1-16-9-17(2)11-20(10-16)34-15-24-22-14-26(33-4)25(32-3)12-18(22)7-8-30(24)27(31)21-6-5-19(28)13-23(21)29/h5-6,9-14,24H,7-8,15H2,1-4H3/t24-/m1/s1. The highest BCUT2D eigenvalue weighted by Gasteiger charge is 2.34. The third-order valence-electron chi connectivity index (χ3n) is 6.03. The molecular formula is C27H27Cl2NO4. The number of carbonyl (C=O) groups is 1. The summed E-state index contributed by atoms with van der Waals surface area (Å²) in [5.41, 5.74) is 4.70. The first-order chi connectivity index (χ1) is 16.3. The van der Waals surface area contributed by atoms with Gasteiger partial charge in [0.2, 0.25) is 0 Å². The van der Waals surface area contributed by atoms with Crippen LogP contribution in [-0.2, 0) is 6.42 Å². The van der Waals surface area contributed by atoms with Gasteiger partial charge >= 0.3 is 0 Å². The van der Waals surface area contributed by atoms with Crippen LogP contribution in [0.25, 0.3) is 0 Å². The van der Waals surface area contributed by atoms with Gasteiger partial charge in [0.25, 0.3) is 5.91 Å². The van der Waals surface area contributed by atoms with Crippen molar-refractivity contribution in [2.24, 2.45) is 0 Å². The Morgan fingerprint density at radius 3 is 2.29 bits per heavy atom. The van der Waals surface area contributed by atoms with E-state index < -0.39 is 0 Å². The molecule has 3 aromatic carbocycles. The number of hydrogen-bond donors (Lipinski definition) is 0. The molecule has 178 valence electrons. The largest absolute Gasteiger partial charge is 0.493 e. The van der Waals surface area contributed by atoms with E-state index in [2.05, 4.69) is 6.07 Å². The molecule has 1 aliphatic heterocycles. The highest BCUT2D eigenvalue weighted by Crippen LogP contribution is 2.39. The maximum absolute atomic E-state index is 13.6. The first-order valence-electron chi connectivity index (χ1n) is 11.0. The molecule has 0 aliphatic carbocycles. The minimum Gasteiger partial charge on any atom is -0.493 e. The van der Waals surface area contributed by atoms with Gasteiger partial charge in [0.1, 0.15) is 12.4 Å². The van der Waals surface area contributed by atoms with Crippen LogP contribution in [0.3, 0.4) is 0 Å². The van der Waals surface area contributed by atoms with E-state index in [1.54, 1.807) is 32.4 Å². The van der Waals surface area contributed by atoms with Gasteiger partial charge < -0.3 is 19.1 Å². The monoisotopic (exact) mass is 499 g/mol. The van der Waals surface area contributed by atoms with Gasteiger partial charge in [-0.15, -0.1) is 0 Å². The van der Waals surface area contributed by atoms with E-state index in [0.717, 1.165) is 28.0 Å². The van der Waals surface area contributed by atoms with Gasteiger partial charge in [-0.3, -0.25) is 4.79 Å². The molecule has 4 rings (SSSR count). The number of fused-ring (bicyclic) bond motifs is 1. The summed E-state index contributed by atoms with van der Waals surface area (Å²) < 4.78 is 17.3. The van der Waals surface area contributed by atoms with Crippen LogP contribution in [-0.4, -0.2) is 38.2 Å². The second kappa shape index (κ2) is 10.2. The van der Waals surface area contributed by atoms with Crippen molar-refractivity contribution in [1.29, 1.82) is 0 Å². The second-order valence-electron chi connectivity index (χ2n) is 8.43. The molecule has 1 aliphatic rings. The van der Waals surface area contributed by atoms with Crippen molar-refractivity contribution in [3.63, 3.8) is 0 Å². The van der Waals surface area contributed by atoms with Crippen molar-refractivity contribution in [2.75, 3.05) is 27.4 Å². The van der Waals surface area contributed by atoms with E-state index >= 15 is 0 Å². The fourth-order valence-corrected chi connectivity index (χ4v) is 4.95. The van der Waals surface area contributed by atoms with Crippen LogP contribution in [0.4, 0.5) is 0 Å². The lowest BCUT2D eigenvalue weighted by atomic mass is 9.91. The van der Waals surface area contributed by atoms with Gasteiger partial charge in [-0.1, -0.05) is 29.3 Å². The molecule has 3 aromatic rings. The molecule has 0 N–H and O–H groups in total. The number of benzene rings is 3. The average Bonchev–Trinajstić information content (AvgIpc) is 2.80. The summed E-state index contributed by atoms with van der Waals surface area (Å²) >= 11 is 12.4. The van der Waals surface area contributed by atoms with Crippen LogP contribution >= 0.6 is 23.2 Å². The summed E-state index contributed by atoms with van der Waals surface area (Å²) in [7, 11) is 3.22. The zero-order chi connectivity index (χ0) is 24.4.